The molecule has 2 atom stereocenters. The molecular weight excluding hydrogens is 307 g/mol. The molecule has 0 spiro atoms. The normalized spacial score (nSPS) is 22.5. The van der Waals surface area contributed by atoms with E-state index in [4.69, 9.17) is 0 Å². The summed E-state index contributed by atoms with van der Waals surface area (Å²) in [6.45, 7) is 3.90. The van der Waals surface area contributed by atoms with E-state index >= 15 is 0 Å². The van der Waals surface area contributed by atoms with Crippen molar-refractivity contribution in [1.29, 1.82) is 0 Å². The van der Waals surface area contributed by atoms with E-state index in [9.17, 15) is 14.0 Å². The minimum atomic E-state index is -2.08. The first-order valence-electron chi connectivity index (χ1n) is 7.22. The van der Waals surface area contributed by atoms with Gasteiger partial charge < -0.3 is 15.0 Å². The Labute approximate surface area is 133 Å². The molecule has 5 nitrogen and oxygen atoms in total. The van der Waals surface area contributed by atoms with Crippen molar-refractivity contribution in [3.05, 3.63) is 21.9 Å². The lowest BCUT2D eigenvalue weighted by atomic mass is 10.1. The first-order valence-corrected chi connectivity index (χ1v) is 8.04. The molecule has 1 aromatic rings. The van der Waals surface area contributed by atoms with Gasteiger partial charge in [0.15, 0.2) is 0 Å². The van der Waals surface area contributed by atoms with Gasteiger partial charge in [-0.1, -0.05) is 0 Å². The molecule has 0 unspecified atom stereocenters. The molecular formula is C15H21FN2O3S. The molecule has 0 saturated carbocycles. The van der Waals surface area contributed by atoms with E-state index in [1.165, 1.54) is 14.7 Å². The minimum absolute atomic E-state index is 0.0222. The van der Waals surface area contributed by atoms with Crippen molar-refractivity contribution in [3.8, 4) is 0 Å². The average Bonchev–Trinajstić information content (AvgIpc) is 3.05. The standard InChI is InChI=1S/C15H21FN2O3S/c1-10(8-12-5-4-11(2)22-12)17-14(20)18-7-6-15(16,9-18)13(19)21-3/h4-5,10H,6-9H2,1-3H3,(H,17,20)/t10-,15+/m0/s1. The first-order chi connectivity index (χ1) is 10.3. The summed E-state index contributed by atoms with van der Waals surface area (Å²) >= 11 is 1.70. The number of carbonyl (C=O) groups is 2. The van der Waals surface area contributed by atoms with Crippen molar-refractivity contribution in [3.63, 3.8) is 0 Å². The third-order valence-electron chi connectivity index (χ3n) is 3.73. The SMILES string of the molecule is COC(=O)[C@@]1(F)CCN(C(=O)N[C@@H](C)Cc2ccc(C)s2)C1. The number of amides is 2. The Balaban J connectivity index is 1.86. The molecule has 1 aromatic heterocycles. The zero-order chi connectivity index (χ0) is 16.3. The highest BCUT2D eigenvalue weighted by Crippen LogP contribution is 2.27. The van der Waals surface area contributed by atoms with Gasteiger partial charge in [-0.25, -0.2) is 14.0 Å². The van der Waals surface area contributed by atoms with Crippen molar-refractivity contribution in [2.45, 2.75) is 38.4 Å². The Morgan fingerprint density at radius 1 is 1.55 bits per heavy atom. The van der Waals surface area contributed by atoms with Crippen LogP contribution >= 0.6 is 11.3 Å². The van der Waals surface area contributed by atoms with Crippen LogP contribution < -0.4 is 5.32 Å². The lowest BCUT2D eigenvalue weighted by molar-refractivity contribution is -0.153. The van der Waals surface area contributed by atoms with Crippen LogP contribution in [0.5, 0.6) is 0 Å². The number of aryl methyl sites for hydroxylation is 1. The number of urea groups is 1. The van der Waals surface area contributed by atoms with Crippen LogP contribution in [0.15, 0.2) is 12.1 Å². The van der Waals surface area contributed by atoms with Crippen molar-refractivity contribution < 1.29 is 18.7 Å². The third kappa shape index (κ3) is 3.76. The molecule has 0 bridgehead atoms. The second-order valence-corrected chi connectivity index (χ2v) is 7.07. The topological polar surface area (TPSA) is 58.6 Å². The summed E-state index contributed by atoms with van der Waals surface area (Å²) < 4.78 is 18.8. The molecule has 22 heavy (non-hydrogen) atoms. The highest BCUT2D eigenvalue weighted by molar-refractivity contribution is 7.11. The number of likely N-dealkylation sites (tertiary alicyclic amines) is 1. The Bertz CT molecular complexity index is 563. The number of halogens is 1. The third-order valence-corrected chi connectivity index (χ3v) is 4.75. The van der Waals surface area contributed by atoms with Gasteiger partial charge in [0.25, 0.3) is 0 Å². The summed E-state index contributed by atoms with van der Waals surface area (Å²) in [5.41, 5.74) is -2.08. The number of nitrogens with zero attached hydrogens (tertiary/aromatic N) is 1. The van der Waals surface area contributed by atoms with Gasteiger partial charge in [0.2, 0.25) is 5.67 Å². The minimum Gasteiger partial charge on any atom is -0.467 e. The van der Waals surface area contributed by atoms with Crippen molar-refractivity contribution in [2.24, 2.45) is 0 Å². The largest absolute Gasteiger partial charge is 0.467 e. The fourth-order valence-corrected chi connectivity index (χ4v) is 3.56. The van der Waals surface area contributed by atoms with E-state index in [0.717, 1.165) is 13.5 Å². The summed E-state index contributed by atoms with van der Waals surface area (Å²) in [7, 11) is 1.15. The fourth-order valence-electron chi connectivity index (χ4n) is 2.55. The second kappa shape index (κ2) is 6.64. The van der Waals surface area contributed by atoms with Crippen molar-refractivity contribution >= 4 is 23.3 Å². The molecule has 1 N–H and O–H groups in total. The lowest BCUT2D eigenvalue weighted by Gasteiger charge is -2.21. The number of carbonyl (C=O) groups excluding carboxylic acids is 2. The van der Waals surface area contributed by atoms with Gasteiger partial charge in [0.1, 0.15) is 0 Å². The van der Waals surface area contributed by atoms with E-state index < -0.39 is 11.6 Å². The molecule has 7 heteroatoms. The first kappa shape index (κ1) is 16.7. The highest BCUT2D eigenvalue weighted by atomic mass is 32.1. The summed E-state index contributed by atoms with van der Waals surface area (Å²) in [5, 5.41) is 2.85. The summed E-state index contributed by atoms with van der Waals surface area (Å²) in [4.78, 5) is 27.3. The molecule has 0 aliphatic carbocycles. The van der Waals surface area contributed by atoms with Crippen LogP contribution in [0.3, 0.4) is 0 Å². The molecule has 1 saturated heterocycles. The number of nitrogens with one attached hydrogen (secondary N) is 1. The second-order valence-electron chi connectivity index (χ2n) is 5.70. The number of rotatable bonds is 4. The van der Waals surface area contributed by atoms with Gasteiger partial charge in [-0.15, -0.1) is 11.3 Å². The van der Waals surface area contributed by atoms with E-state index in [1.54, 1.807) is 11.3 Å². The molecule has 2 amide bonds. The maximum absolute atomic E-state index is 14.3. The highest BCUT2D eigenvalue weighted by Gasteiger charge is 2.47. The number of hydrogen-bond donors (Lipinski definition) is 1. The monoisotopic (exact) mass is 328 g/mol. The zero-order valence-corrected chi connectivity index (χ0v) is 13.8. The Morgan fingerprint density at radius 3 is 2.86 bits per heavy atom. The Morgan fingerprint density at radius 2 is 2.27 bits per heavy atom. The van der Waals surface area contributed by atoms with Crippen LogP contribution in [0, 0.1) is 6.92 Å². The van der Waals surface area contributed by atoms with Gasteiger partial charge in [-0.3, -0.25) is 0 Å². The number of thiophene rings is 1. The maximum Gasteiger partial charge on any atom is 0.345 e. The summed E-state index contributed by atoms with van der Waals surface area (Å²) in [6.07, 6.45) is 0.710. The number of ether oxygens (including phenoxy) is 1. The molecule has 0 radical (unpaired) electrons. The molecule has 1 fully saturated rings. The molecule has 2 rings (SSSR count). The molecule has 1 aliphatic heterocycles. The summed E-state index contributed by atoms with van der Waals surface area (Å²) in [6, 6.07) is 3.69. The number of hydrogen-bond acceptors (Lipinski definition) is 4. The van der Waals surface area contributed by atoms with Gasteiger partial charge in [-0.2, -0.15) is 0 Å². The molecule has 122 valence electrons. The predicted molar refractivity (Wildman–Crippen MR) is 82.8 cm³/mol. The van der Waals surface area contributed by atoms with Crippen LogP contribution in [0.4, 0.5) is 9.18 Å². The van der Waals surface area contributed by atoms with Crippen LogP contribution in [0.25, 0.3) is 0 Å². The zero-order valence-electron chi connectivity index (χ0n) is 13.0. The van der Waals surface area contributed by atoms with Gasteiger partial charge in [0.05, 0.1) is 13.7 Å². The van der Waals surface area contributed by atoms with Crippen LogP contribution in [-0.4, -0.2) is 48.8 Å². The average molecular weight is 328 g/mol. The van der Waals surface area contributed by atoms with Crippen LogP contribution in [-0.2, 0) is 16.0 Å². The number of esters is 1. The Hall–Kier alpha value is -1.63. The van der Waals surface area contributed by atoms with E-state index in [-0.39, 0.29) is 31.6 Å². The number of alkyl halides is 1. The van der Waals surface area contributed by atoms with E-state index in [0.29, 0.717) is 0 Å². The van der Waals surface area contributed by atoms with E-state index in [1.807, 2.05) is 26.0 Å². The van der Waals surface area contributed by atoms with Crippen molar-refractivity contribution in [1.82, 2.24) is 10.2 Å². The fraction of sp³-hybridized carbons (Fsp3) is 0.600. The predicted octanol–water partition coefficient (Wildman–Crippen LogP) is 2.28. The van der Waals surface area contributed by atoms with Gasteiger partial charge >= 0.3 is 12.0 Å². The molecule has 2 heterocycles. The Kier molecular flexibility index (Phi) is 5.05. The van der Waals surface area contributed by atoms with Gasteiger partial charge in [-0.05, 0) is 26.0 Å². The van der Waals surface area contributed by atoms with Crippen LogP contribution in [0.1, 0.15) is 23.1 Å². The van der Waals surface area contributed by atoms with Gasteiger partial charge in [0, 0.05) is 35.2 Å². The smallest absolute Gasteiger partial charge is 0.345 e. The van der Waals surface area contributed by atoms with Crippen LogP contribution in [0.2, 0.25) is 0 Å². The summed E-state index contributed by atoms with van der Waals surface area (Å²) in [5.74, 6) is -0.912. The molecule has 1 aliphatic rings. The maximum atomic E-state index is 14.3. The number of methoxy groups -OCH3 is 1. The molecule has 0 aromatic carbocycles. The van der Waals surface area contributed by atoms with E-state index in [2.05, 4.69) is 10.1 Å². The quantitative estimate of drug-likeness (QED) is 0.863. The lowest BCUT2D eigenvalue weighted by Crippen LogP contribution is -2.46. The van der Waals surface area contributed by atoms with Crippen molar-refractivity contribution in [2.75, 3.05) is 20.2 Å².